The number of hydrogen-bond donors (Lipinski definition) is 2. The summed E-state index contributed by atoms with van der Waals surface area (Å²) in [5, 5.41) is 14.3. The van der Waals surface area contributed by atoms with Crippen LogP contribution in [0.4, 0.5) is 0 Å². The lowest BCUT2D eigenvalue weighted by Crippen LogP contribution is -2.51. The molecule has 1 aromatic heterocycles. The van der Waals surface area contributed by atoms with E-state index in [0.717, 1.165) is 28.3 Å². The van der Waals surface area contributed by atoms with Gasteiger partial charge in [-0.3, -0.25) is 14.6 Å². The van der Waals surface area contributed by atoms with E-state index in [9.17, 15) is 14.7 Å². The second kappa shape index (κ2) is 12.3. The fraction of sp³-hybridized carbons (Fsp3) is 0.423. The molecule has 0 spiro atoms. The molecule has 0 unspecified atom stereocenters. The number of aliphatic hydroxyl groups is 1. The normalized spacial score (nSPS) is 16.4. The van der Waals surface area contributed by atoms with Crippen LogP contribution in [0.2, 0.25) is 0 Å². The number of carbonyl (C=O) groups is 2. The van der Waals surface area contributed by atoms with Gasteiger partial charge in [0.2, 0.25) is 5.91 Å². The summed E-state index contributed by atoms with van der Waals surface area (Å²) in [4.78, 5) is 33.5. The Labute approximate surface area is 214 Å². The molecule has 192 valence electrons. The maximum atomic E-state index is 12.6. The van der Waals surface area contributed by atoms with Gasteiger partial charge in [-0.05, 0) is 24.6 Å². The first-order chi connectivity index (χ1) is 17.4. The number of piperazine rings is 1. The van der Waals surface area contributed by atoms with E-state index in [1.165, 1.54) is 7.11 Å². The van der Waals surface area contributed by atoms with E-state index < -0.39 is 18.1 Å². The van der Waals surface area contributed by atoms with Crippen LogP contribution in [0, 0.1) is 6.92 Å². The number of rotatable bonds is 10. The number of nitrogens with zero attached hydrogens (tertiary/aromatic N) is 3. The van der Waals surface area contributed by atoms with Gasteiger partial charge in [-0.25, -0.2) is 9.78 Å². The number of benzene rings is 2. The predicted octanol–water partition coefficient (Wildman–Crippen LogP) is 1.99. The van der Waals surface area contributed by atoms with E-state index in [2.05, 4.69) is 15.2 Å². The number of carbonyl (C=O) groups excluding carboxylic acids is 2. The highest BCUT2D eigenvalue weighted by Crippen LogP contribution is 2.25. The van der Waals surface area contributed by atoms with Gasteiger partial charge < -0.3 is 19.9 Å². The molecule has 0 bridgehead atoms. The number of hydrogen-bond acceptors (Lipinski definition) is 9. The smallest absolute Gasteiger partial charge is 0.333 e. The van der Waals surface area contributed by atoms with Gasteiger partial charge in [0.15, 0.2) is 6.04 Å². The Morgan fingerprint density at radius 3 is 2.56 bits per heavy atom. The number of ether oxygens (including phenoxy) is 2. The third-order valence-corrected chi connectivity index (χ3v) is 7.04. The number of fused-ring (bicyclic) bond motifs is 1. The number of esters is 1. The highest BCUT2D eigenvalue weighted by atomic mass is 32.1. The number of nitrogens with one attached hydrogen (secondary N) is 1. The van der Waals surface area contributed by atoms with Gasteiger partial charge >= 0.3 is 5.97 Å². The first-order valence-corrected chi connectivity index (χ1v) is 12.8. The minimum Gasteiger partial charge on any atom is -0.491 e. The number of thiazole rings is 1. The van der Waals surface area contributed by atoms with Gasteiger partial charge in [0.25, 0.3) is 0 Å². The Morgan fingerprint density at radius 2 is 1.83 bits per heavy atom. The van der Waals surface area contributed by atoms with Crippen LogP contribution in [0.15, 0.2) is 48.5 Å². The molecule has 4 rings (SSSR count). The lowest BCUT2D eigenvalue weighted by Gasteiger charge is -2.35. The minimum absolute atomic E-state index is 0.193. The number of amides is 1. The Morgan fingerprint density at radius 1 is 1.11 bits per heavy atom. The van der Waals surface area contributed by atoms with Crippen molar-refractivity contribution in [2.24, 2.45) is 0 Å². The molecule has 2 atom stereocenters. The Balaban J connectivity index is 1.19. The Kier molecular flexibility index (Phi) is 8.87. The third kappa shape index (κ3) is 7.01. The lowest BCUT2D eigenvalue weighted by atomic mass is 10.1. The molecule has 2 heterocycles. The number of methoxy groups -OCH3 is 1. The maximum Gasteiger partial charge on any atom is 0.333 e. The average molecular weight is 513 g/mol. The van der Waals surface area contributed by atoms with Gasteiger partial charge in [-0.1, -0.05) is 30.3 Å². The Hall–Kier alpha value is -3.05. The van der Waals surface area contributed by atoms with Gasteiger partial charge in [0.1, 0.15) is 18.5 Å². The van der Waals surface area contributed by atoms with Crippen LogP contribution in [0.1, 0.15) is 16.6 Å². The van der Waals surface area contributed by atoms with E-state index in [1.54, 1.807) is 23.5 Å². The number of aromatic nitrogens is 1. The van der Waals surface area contributed by atoms with Crippen molar-refractivity contribution >= 4 is 33.4 Å². The second-order valence-corrected chi connectivity index (χ2v) is 10.1. The highest BCUT2D eigenvalue weighted by Gasteiger charge is 2.26. The van der Waals surface area contributed by atoms with Crippen molar-refractivity contribution < 1.29 is 24.2 Å². The van der Waals surface area contributed by atoms with E-state index in [0.29, 0.717) is 30.9 Å². The van der Waals surface area contributed by atoms with Crippen molar-refractivity contribution in [2.75, 3.05) is 53.0 Å². The molecule has 3 aromatic rings. The number of aryl methyl sites for hydroxylation is 1. The quantitative estimate of drug-likeness (QED) is 0.398. The van der Waals surface area contributed by atoms with E-state index in [1.807, 2.05) is 48.2 Å². The molecule has 36 heavy (non-hydrogen) atoms. The largest absolute Gasteiger partial charge is 0.491 e. The van der Waals surface area contributed by atoms with Crippen molar-refractivity contribution in [2.45, 2.75) is 19.1 Å². The van der Waals surface area contributed by atoms with Crippen molar-refractivity contribution in [1.82, 2.24) is 20.1 Å². The van der Waals surface area contributed by atoms with Crippen LogP contribution >= 0.6 is 11.3 Å². The molecule has 0 aliphatic carbocycles. The van der Waals surface area contributed by atoms with Crippen LogP contribution in [0.25, 0.3) is 10.2 Å². The fourth-order valence-electron chi connectivity index (χ4n) is 4.24. The van der Waals surface area contributed by atoms with Crippen molar-refractivity contribution in [1.29, 1.82) is 0 Å². The fourth-order valence-corrected chi connectivity index (χ4v) is 5.04. The molecule has 1 aliphatic heterocycles. The molecular weight excluding hydrogens is 480 g/mol. The summed E-state index contributed by atoms with van der Waals surface area (Å²) in [5.41, 5.74) is 1.59. The predicted molar refractivity (Wildman–Crippen MR) is 138 cm³/mol. The molecule has 0 saturated carbocycles. The first-order valence-electron chi connectivity index (χ1n) is 12.0. The minimum atomic E-state index is -0.833. The molecule has 1 aliphatic rings. The second-order valence-electron chi connectivity index (χ2n) is 8.84. The number of β-amino-alcohol motifs (C(OH)–C–C–N with tert-alkyl or cyclic N) is 1. The highest BCUT2D eigenvalue weighted by molar-refractivity contribution is 7.18. The SMILES string of the molecule is COC(=O)[C@H](NC(=O)CN1CCN(C[C@@H](O)COc2ccc3sc(C)nc3c2)CC1)c1ccccc1. The Bertz CT molecular complexity index is 1160. The summed E-state index contributed by atoms with van der Waals surface area (Å²) in [6.45, 7) is 5.71. The zero-order chi connectivity index (χ0) is 25.5. The molecule has 0 radical (unpaired) electrons. The van der Waals surface area contributed by atoms with E-state index in [-0.39, 0.29) is 19.1 Å². The van der Waals surface area contributed by atoms with E-state index >= 15 is 0 Å². The molecule has 1 saturated heterocycles. The van der Waals surface area contributed by atoms with Crippen molar-refractivity contribution in [3.63, 3.8) is 0 Å². The van der Waals surface area contributed by atoms with Crippen LogP contribution < -0.4 is 10.1 Å². The maximum absolute atomic E-state index is 12.6. The average Bonchev–Trinajstić information content (AvgIpc) is 3.26. The van der Waals surface area contributed by atoms with Gasteiger partial charge in [-0.2, -0.15) is 0 Å². The summed E-state index contributed by atoms with van der Waals surface area (Å²) in [6.07, 6.45) is -0.626. The first kappa shape index (κ1) is 26.0. The van der Waals surface area contributed by atoms with Crippen LogP contribution in [-0.4, -0.2) is 90.9 Å². The summed E-state index contributed by atoms with van der Waals surface area (Å²) in [5.74, 6) is -0.0379. The molecule has 2 aromatic carbocycles. The van der Waals surface area contributed by atoms with Crippen molar-refractivity contribution in [3.8, 4) is 5.75 Å². The van der Waals surface area contributed by atoms with E-state index in [4.69, 9.17) is 9.47 Å². The van der Waals surface area contributed by atoms with Gasteiger partial charge in [0.05, 0.1) is 28.9 Å². The third-order valence-electron chi connectivity index (χ3n) is 6.08. The zero-order valence-corrected chi connectivity index (χ0v) is 21.4. The summed E-state index contributed by atoms with van der Waals surface area (Å²) >= 11 is 1.64. The molecule has 1 amide bonds. The summed E-state index contributed by atoms with van der Waals surface area (Å²) < 4.78 is 11.8. The van der Waals surface area contributed by atoms with Gasteiger partial charge in [0, 0.05) is 38.8 Å². The topological polar surface area (TPSA) is 104 Å². The summed E-state index contributed by atoms with van der Waals surface area (Å²) in [7, 11) is 1.31. The molecular formula is C26H32N4O5S. The standard InChI is InChI=1S/C26H32N4O5S/c1-18-27-22-14-21(8-9-23(22)36-18)35-17-20(31)15-29-10-12-30(13-11-29)16-24(32)28-25(26(33)34-2)19-6-4-3-5-7-19/h3-9,14,20,25,31H,10-13,15-17H2,1-2H3,(H,28,32)/t20-,25-/m1/s1. The zero-order valence-electron chi connectivity index (χ0n) is 20.6. The van der Waals surface area contributed by atoms with Gasteiger partial charge in [-0.15, -0.1) is 11.3 Å². The lowest BCUT2D eigenvalue weighted by molar-refractivity contribution is -0.145. The summed E-state index contributed by atoms with van der Waals surface area (Å²) in [6, 6.07) is 14.0. The van der Waals surface area contributed by atoms with Crippen LogP contribution in [0.3, 0.4) is 0 Å². The molecule has 1 fully saturated rings. The molecule has 10 heteroatoms. The monoisotopic (exact) mass is 512 g/mol. The molecule has 2 N–H and O–H groups in total. The molecule has 9 nitrogen and oxygen atoms in total. The van der Waals surface area contributed by atoms with Crippen LogP contribution in [-0.2, 0) is 14.3 Å². The van der Waals surface area contributed by atoms with Crippen LogP contribution in [0.5, 0.6) is 5.75 Å². The number of aliphatic hydroxyl groups excluding tert-OH is 1. The van der Waals surface area contributed by atoms with Crippen molar-refractivity contribution in [3.05, 3.63) is 59.1 Å².